The number of halogens is 1. The molecule has 1 N–H and O–H groups in total. The summed E-state index contributed by atoms with van der Waals surface area (Å²) in [4.78, 5) is 12.1. The first-order valence-electron chi connectivity index (χ1n) is 9.81. The second-order valence-electron chi connectivity index (χ2n) is 7.56. The normalized spacial score (nSPS) is 21.0. The topological polar surface area (TPSA) is 77.4 Å². The summed E-state index contributed by atoms with van der Waals surface area (Å²) in [6, 6.07) is 12.3. The van der Waals surface area contributed by atoms with Crippen LogP contribution in [0.1, 0.15) is 43.2 Å². The van der Waals surface area contributed by atoms with E-state index in [-0.39, 0.29) is 19.3 Å². The molecule has 1 heterocycles. The molecule has 8 heteroatoms. The maximum Gasteiger partial charge on any atom is 0.286 e. The van der Waals surface area contributed by atoms with Crippen LogP contribution < -0.4 is 10.3 Å². The molecule has 0 spiro atoms. The lowest BCUT2D eigenvalue weighted by Crippen LogP contribution is -2.38. The summed E-state index contributed by atoms with van der Waals surface area (Å²) >= 11 is 0. The third kappa shape index (κ3) is 6.22. The average molecular weight is 423 g/mol. The number of rotatable bonds is 8. The SMILES string of the molecule is CS(=O)(=O)NCC(COC1CCC(c2ccccc2)CC1)n1cccc(F)c1=O. The Hall–Kier alpha value is -2.03. The van der Waals surface area contributed by atoms with Crippen LogP contribution in [-0.2, 0) is 14.8 Å². The van der Waals surface area contributed by atoms with Gasteiger partial charge >= 0.3 is 0 Å². The Morgan fingerprint density at radius 2 is 1.83 bits per heavy atom. The summed E-state index contributed by atoms with van der Waals surface area (Å²) in [7, 11) is -3.45. The minimum Gasteiger partial charge on any atom is -0.376 e. The van der Waals surface area contributed by atoms with E-state index >= 15 is 0 Å². The van der Waals surface area contributed by atoms with Crippen molar-refractivity contribution in [1.29, 1.82) is 0 Å². The highest BCUT2D eigenvalue weighted by atomic mass is 32.2. The molecule has 2 aromatic rings. The minimum atomic E-state index is -3.45. The van der Waals surface area contributed by atoms with Gasteiger partial charge in [-0.05, 0) is 49.3 Å². The number of hydrogen-bond acceptors (Lipinski definition) is 4. The summed E-state index contributed by atoms with van der Waals surface area (Å²) in [5.41, 5.74) is 0.552. The molecular formula is C21H27FN2O4S. The Bertz CT molecular complexity index is 954. The number of benzene rings is 1. The summed E-state index contributed by atoms with van der Waals surface area (Å²) in [6.07, 6.45) is 6.36. The van der Waals surface area contributed by atoms with Gasteiger partial charge in [0, 0.05) is 12.7 Å². The number of sulfonamides is 1. The van der Waals surface area contributed by atoms with E-state index in [9.17, 15) is 17.6 Å². The first kappa shape index (κ1) is 21.7. The van der Waals surface area contributed by atoms with E-state index in [0.29, 0.717) is 5.92 Å². The number of pyridine rings is 1. The molecule has 1 fully saturated rings. The van der Waals surface area contributed by atoms with Gasteiger partial charge in [0.2, 0.25) is 10.0 Å². The van der Waals surface area contributed by atoms with E-state index < -0.39 is 27.4 Å². The molecule has 158 valence electrons. The first-order valence-corrected chi connectivity index (χ1v) is 11.7. The van der Waals surface area contributed by atoms with Crippen molar-refractivity contribution in [2.75, 3.05) is 19.4 Å². The van der Waals surface area contributed by atoms with E-state index in [2.05, 4.69) is 16.9 Å². The standard InChI is InChI=1S/C21H27FN2O4S/c1-29(26,27)23-14-18(24-13-5-8-20(22)21(24)25)15-28-19-11-9-17(10-12-19)16-6-3-2-4-7-16/h2-8,13,17-19,23H,9-12,14-15H2,1H3. The van der Waals surface area contributed by atoms with E-state index in [1.807, 2.05) is 18.2 Å². The van der Waals surface area contributed by atoms with E-state index in [1.165, 1.54) is 22.4 Å². The fourth-order valence-electron chi connectivity index (χ4n) is 3.79. The third-order valence-electron chi connectivity index (χ3n) is 5.37. The number of hydrogen-bond donors (Lipinski definition) is 1. The van der Waals surface area contributed by atoms with Crippen LogP contribution in [0.4, 0.5) is 4.39 Å². The highest BCUT2D eigenvalue weighted by molar-refractivity contribution is 7.88. The zero-order chi connectivity index (χ0) is 20.9. The van der Waals surface area contributed by atoms with Gasteiger partial charge in [-0.2, -0.15) is 0 Å². The summed E-state index contributed by atoms with van der Waals surface area (Å²) in [6.45, 7) is 0.0914. The van der Waals surface area contributed by atoms with Crippen molar-refractivity contribution >= 4 is 10.0 Å². The lowest BCUT2D eigenvalue weighted by atomic mass is 9.83. The molecule has 0 bridgehead atoms. The van der Waals surface area contributed by atoms with Gasteiger partial charge in [-0.1, -0.05) is 30.3 Å². The van der Waals surface area contributed by atoms with Gasteiger partial charge in [0.1, 0.15) is 0 Å². The van der Waals surface area contributed by atoms with Crippen LogP contribution in [0.3, 0.4) is 0 Å². The van der Waals surface area contributed by atoms with E-state index in [4.69, 9.17) is 4.74 Å². The molecule has 29 heavy (non-hydrogen) atoms. The van der Waals surface area contributed by atoms with Crippen LogP contribution in [0.15, 0.2) is 53.5 Å². The number of nitrogens with one attached hydrogen (secondary N) is 1. The maximum absolute atomic E-state index is 13.7. The summed E-state index contributed by atoms with van der Waals surface area (Å²) < 4.78 is 46.3. The lowest BCUT2D eigenvalue weighted by Gasteiger charge is -2.30. The smallest absolute Gasteiger partial charge is 0.286 e. The van der Waals surface area contributed by atoms with E-state index in [0.717, 1.165) is 38.0 Å². The van der Waals surface area contributed by atoms with Gasteiger partial charge in [0.25, 0.3) is 5.56 Å². The van der Waals surface area contributed by atoms with Crippen LogP contribution in [0.2, 0.25) is 0 Å². The van der Waals surface area contributed by atoms with Gasteiger partial charge < -0.3 is 9.30 Å². The van der Waals surface area contributed by atoms with Crippen molar-refractivity contribution in [3.05, 3.63) is 70.4 Å². The van der Waals surface area contributed by atoms with Gasteiger partial charge in [-0.25, -0.2) is 17.5 Å². The molecule has 0 saturated heterocycles. The molecular weight excluding hydrogens is 395 g/mol. The van der Waals surface area contributed by atoms with Crippen molar-refractivity contribution in [3.63, 3.8) is 0 Å². The monoisotopic (exact) mass is 422 g/mol. The van der Waals surface area contributed by atoms with Crippen molar-refractivity contribution < 1.29 is 17.5 Å². The molecule has 6 nitrogen and oxygen atoms in total. The molecule has 0 radical (unpaired) electrons. The molecule has 1 aromatic carbocycles. The van der Waals surface area contributed by atoms with Crippen LogP contribution in [0.25, 0.3) is 0 Å². The Labute approximate surface area is 170 Å². The van der Waals surface area contributed by atoms with Crippen LogP contribution in [0.5, 0.6) is 0 Å². The molecule has 3 rings (SSSR count). The third-order valence-corrected chi connectivity index (χ3v) is 6.06. The molecule has 1 aliphatic rings. The predicted molar refractivity (Wildman–Crippen MR) is 110 cm³/mol. The summed E-state index contributed by atoms with van der Waals surface area (Å²) in [5.74, 6) is -0.357. The number of ether oxygens (including phenoxy) is 1. The Kier molecular flexibility index (Phi) is 7.21. The van der Waals surface area contributed by atoms with Crippen molar-refractivity contribution in [2.45, 2.75) is 43.7 Å². The lowest BCUT2D eigenvalue weighted by molar-refractivity contribution is 0.00722. The van der Waals surface area contributed by atoms with E-state index in [1.54, 1.807) is 0 Å². The number of nitrogens with zero attached hydrogens (tertiary/aromatic N) is 1. The molecule has 1 atom stereocenters. The van der Waals surface area contributed by atoms with Crippen molar-refractivity contribution in [1.82, 2.24) is 9.29 Å². The van der Waals surface area contributed by atoms with Gasteiger partial charge in [0.15, 0.2) is 5.82 Å². The molecule has 0 aliphatic heterocycles. The Morgan fingerprint density at radius 1 is 1.14 bits per heavy atom. The zero-order valence-electron chi connectivity index (χ0n) is 16.5. The highest BCUT2D eigenvalue weighted by Crippen LogP contribution is 2.34. The fourth-order valence-corrected chi connectivity index (χ4v) is 4.29. The van der Waals surface area contributed by atoms with Gasteiger partial charge in [-0.15, -0.1) is 0 Å². The second kappa shape index (κ2) is 9.65. The molecule has 1 aromatic heterocycles. The minimum absolute atomic E-state index is 0.0401. The van der Waals surface area contributed by atoms with Crippen LogP contribution in [-0.4, -0.2) is 38.5 Å². The van der Waals surface area contributed by atoms with Gasteiger partial charge in [-0.3, -0.25) is 4.79 Å². The van der Waals surface area contributed by atoms with Crippen LogP contribution >= 0.6 is 0 Å². The largest absolute Gasteiger partial charge is 0.376 e. The Morgan fingerprint density at radius 3 is 2.48 bits per heavy atom. The Balaban J connectivity index is 1.61. The zero-order valence-corrected chi connectivity index (χ0v) is 17.3. The molecule has 1 aliphatic carbocycles. The number of aromatic nitrogens is 1. The average Bonchev–Trinajstić information content (AvgIpc) is 2.71. The van der Waals surface area contributed by atoms with Crippen molar-refractivity contribution in [2.24, 2.45) is 0 Å². The van der Waals surface area contributed by atoms with Crippen LogP contribution in [0, 0.1) is 5.82 Å². The predicted octanol–water partition coefficient (Wildman–Crippen LogP) is 2.82. The molecule has 1 unspecified atom stereocenters. The molecule has 0 amide bonds. The van der Waals surface area contributed by atoms with Gasteiger partial charge in [0.05, 0.1) is 25.0 Å². The fraction of sp³-hybridized carbons (Fsp3) is 0.476. The quantitative estimate of drug-likeness (QED) is 0.710. The summed E-state index contributed by atoms with van der Waals surface area (Å²) in [5, 5.41) is 0. The maximum atomic E-state index is 13.7. The molecule has 1 saturated carbocycles. The first-order chi connectivity index (χ1) is 13.8. The van der Waals surface area contributed by atoms with Crippen molar-refractivity contribution in [3.8, 4) is 0 Å². The second-order valence-corrected chi connectivity index (χ2v) is 9.39. The highest BCUT2D eigenvalue weighted by Gasteiger charge is 2.24.